The van der Waals surface area contributed by atoms with Gasteiger partial charge >= 0.3 is 0 Å². The second kappa shape index (κ2) is 11.8. The zero-order valence-corrected chi connectivity index (χ0v) is 18.6. The minimum Gasteiger partial charge on any atom is -0.357 e. The van der Waals surface area contributed by atoms with E-state index >= 15 is 0 Å². The normalized spacial score (nSPS) is 14.4. The SMILES string of the molecule is CCNC(=NCc1ccc(C(=O)N2CCNC(=O)C2)cc1)NCC(C)C.I. The number of aliphatic imine (C=N–C) groups is 1. The third-order valence-electron chi connectivity index (χ3n) is 3.97. The number of guanidine groups is 1. The van der Waals surface area contributed by atoms with Crippen molar-refractivity contribution in [2.45, 2.75) is 27.3 Å². The number of nitrogens with zero attached hydrogens (tertiary/aromatic N) is 2. The second-order valence-electron chi connectivity index (χ2n) is 6.74. The molecule has 0 atom stereocenters. The molecule has 0 saturated carbocycles. The molecule has 0 unspecified atom stereocenters. The number of carbonyl (C=O) groups is 2. The number of amides is 2. The van der Waals surface area contributed by atoms with Crippen LogP contribution in [0.15, 0.2) is 29.3 Å². The highest BCUT2D eigenvalue weighted by Gasteiger charge is 2.21. The molecule has 3 N–H and O–H groups in total. The van der Waals surface area contributed by atoms with Crippen molar-refractivity contribution in [3.05, 3.63) is 35.4 Å². The van der Waals surface area contributed by atoms with Crippen LogP contribution in [0.3, 0.4) is 0 Å². The van der Waals surface area contributed by atoms with E-state index in [1.165, 1.54) is 0 Å². The summed E-state index contributed by atoms with van der Waals surface area (Å²) in [5.74, 6) is 1.11. The molecule has 2 amide bonds. The van der Waals surface area contributed by atoms with Crippen LogP contribution in [0.4, 0.5) is 0 Å². The zero-order chi connectivity index (χ0) is 18.9. The first-order chi connectivity index (χ1) is 12.5. The molecule has 1 heterocycles. The van der Waals surface area contributed by atoms with Gasteiger partial charge in [0.25, 0.3) is 5.91 Å². The minimum atomic E-state index is -0.111. The van der Waals surface area contributed by atoms with Crippen molar-refractivity contribution in [1.82, 2.24) is 20.9 Å². The van der Waals surface area contributed by atoms with E-state index in [-0.39, 0.29) is 42.3 Å². The lowest BCUT2D eigenvalue weighted by molar-refractivity contribution is -0.123. The fourth-order valence-electron chi connectivity index (χ4n) is 2.56. The Morgan fingerprint density at radius 1 is 1.26 bits per heavy atom. The molecule has 0 spiro atoms. The molecule has 1 fully saturated rings. The van der Waals surface area contributed by atoms with Gasteiger partial charge in [-0.25, -0.2) is 4.99 Å². The van der Waals surface area contributed by atoms with Crippen molar-refractivity contribution in [2.75, 3.05) is 32.7 Å². The van der Waals surface area contributed by atoms with Gasteiger partial charge in [-0.15, -0.1) is 24.0 Å². The molecular weight excluding hydrogens is 457 g/mol. The molecule has 0 bridgehead atoms. The quantitative estimate of drug-likeness (QED) is 0.323. The first kappa shape index (κ1) is 23.2. The zero-order valence-electron chi connectivity index (χ0n) is 16.2. The van der Waals surface area contributed by atoms with Crippen LogP contribution in [0, 0.1) is 5.92 Å². The highest BCUT2D eigenvalue weighted by Crippen LogP contribution is 2.10. The molecule has 1 aliphatic rings. The Bertz CT molecular complexity index is 646. The Morgan fingerprint density at radius 2 is 1.96 bits per heavy atom. The summed E-state index contributed by atoms with van der Waals surface area (Å²) < 4.78 is 0. The number of benzene rings is 1. The standard InChI is InChI=1S/C19H29N5O2.HI/c1-4-20-19(22-11-14(2)3)23-12-15-5-7-16(8-6-15)18(26)24-10-9-21-17(25)13-24;/h5-8,14H,4,9-13H2,1-3H3,(H,21,25)(H2,20,22,23);1H. The van der Waals surface area contributed by atoms with E-state index in [0.29, 0.717) is 31.1 Å². The maximum Gasteiger partial charge on any atom is 0.254 e. The summed E-state index contributed by atoms with van der Waals surface area (Å²) >= 11 is 0. The molecule has 2 rings (SSSR count). The number of nitrogens with one attached hydrogen (secondary N) is 3. The van der Waals surface area contributed by atoms with Crippen molar-refractivity contribution >= 4 is 41.8 Å². The summed E-state index contributed by atoms with van der Waals surface area (Å²) in [6, 6.07) is 7.42. The lowest BCUT2D eigenvalue weighted by atomic mass is 10.1. The fraction of sp³-hybridized carbons (Fsp3) is 0.526. The lowest BCUT2D eigenvalue weighted by Gasteiger charge is -2.26. The van der Waals surface area contributed by atoms with Crippen LogP contribution in [0.25, 0.3) is 0 Å². The molecule has 1 aliphatic heterocycles. The van der Waals surface area contributed by atoms with Gasteiger partial charge in [0, 0.05) is 31.7 Å². The Kier molecular flexibility index (Phi) is 10.1. The van der Waals surface area contributed by atoms with Crippen LogP contribution in [0.1, 0.15) is 36.7 Å². The first-order valence-corrected chi connectivity index (χ1v) is 9.16. The van der Waals surface area contributed by atoms with E-state index in [1.54, 1.807) is 17.0 Å². The number of carbonyl (C=O) groups excluding carboxylic acids is 2. The van der Waals surface area contributed by atoms with Crippen molar-refractivity contribution in [1.29, 1.82) is 0 Å². The summed E-state index contributed by atoms with van der Waals surface area (Å²) in [4.78, 5) is 30.0. The summed E-state index contributed by atoms with van der Waals surface area (Å²) in [5, 5.41) is 9.26. The highest BCUT2D eigenvalue weighted by molar-refractivity contribution is 14.0. The van der Waals surface area contributed by atoms with Crippen molar-refractivity contribution in [2.24, 2.45) is 10.9 Å². The highest BCUT2D eigenvalue weighted by atomic mass is 127. The van der Waals surface area contributed by atoms with E-state index in [4.69, 9.17) is 0 Å². The molecule has 8 heteroatoms. The maximum atomic E-state index is 12.5. The number of rotatable bonds is 6. The minimum absolute atomic E-state index is 0. The Labute approximate surface area is 178 Å². The van der Waals surface area contributed by atoms with Crippen LogP contribution < -0.4 is 16.0 Å². The molecule has 0 radical (unpaired) electrons. The third-order valence-corrected chi connectivity index (χ3v) is 3.97. The van der Waals surface area contributed by atoms with Gasteiger partial charge in [0.05, 0.1) is 13.1 Å². The van der Waals surface area contributed by atoms with Gasteiger partial charge in [-0.1, -0.05) is 26.0 Å². The molecule has 150 valence electrons. The van der Waals surface area contributed by atoms with E-state index in [1.807, 2.05) is 19.1 Å². The van der Waals surface area contributed by atoms with Gasteiger partial charge in [0.1, 0.15) is 0 Å². The van der Waals surface area contributed by atoms with Gasteiger partial charge in [-0.2, -0.15) is 0 Å². The molecule has 27 heavy (non-hydrogen) atoms. The largest absolute Gasteiger partial charge is 0.357 e. The molecule has 0 aliphatic carbocycles. The Morgan fingerprint density at radius 3 is 2.56 bits per heavy atom. The summed E-state index contributed by atoms with van der Waals surface area (Å²) in [6.07, 6.45) is 0. The number of hydrogen-bond donors (Lipinski definition) is 3. The van der Waals surface area contributed by atoms with Crippen molar-refractivity contribution in [3.8, 4) is 0 Å². The molecule has 1 aromatic rings. The average Bonchev–Trinajstić information content (AvgIpc) is 2.63. The van der Waals surface area contributed by atoms with E-state index in [2.05, 4.69) is 34.8 Å². The Balaban J connectivity index is 0.00000364. The summed E-state index contributed by atoms with van der Waals surface area (Å²) in [7, 11) is 0. The smallest absolute Gasteiger partial charge is 0.254 e. The number of piperazine rings is 1. The monoisotopic (exact) mass is 487 g/mol. The van der Waals surface area contributed by atoms with Crippen LogP contribution in [0.2, 0.25) is 0 Å². The summed E-state index contributed by atoms with van der Waals surface area (Å²) in [6.45, 7) is 9.72. The van der Waals surface area contributed by atoms with Crippen molar-refractivity contribution < 1.29 is 9.59 Å². The van der Waals surface area contributed by atoms with Gasteiger partial charge in [0.2, 0.25) is 5.91 Å². The number of hydrogen-bond acceptors (Lipinski definition) is 3. The fourth-order valence-corrected chi connectivity index (χ4v) is 2.56. The molecule has 1 aromatic carbocycles. The van der Waals surface area contributed by atoms with Crippen LogP contribution in [-0.4, -0.2) is 55.4 Å². The van der Waals surface area contributed by atoms with Crippen LogP contribution >= 0.6 is 24.0 Å². The average molecular weight is 487 g/mol. The number of halogens is 1. The van der Waals surface area contributed by atoms with Gasteiger partial charge in [-0.3, -0.25) is 9.59 Å². The van der Waals surface area contributed by atoms with E-state index in [9.17, 15) is 9.59 Å². The van der Waals surface area contributed by atoms with Gasteiger partial charge < -0.3 is 20.9 Å². The first-order valence-electron chi connectivity index (χ1n) is 9.16. The van der Waals surface area contributed by atoms with Crippen LogP contribution in [-0.2, 0) is 11.3 Å². The topological polar surface area (TPSA) is 85.8 Å². The molecule has 7 nitrogen and oxygen atoms in total. The predicted molar refractivity (Wildman–Crippen MR) is 118 cm³/mol. The summed E-state index contributed by atoms with van der Waals surface area (Å²) in [5.41, 5.74) is 1.62. The molecular formula is C19H30IN5O2. The third kappa shape index (κ3) is 7.74. The molecule has 0 aromatic heterocycles. The van der Waals surface area contributed by atoms with Gasteiger partial charge in [0.15, 0.2) is 5.96 Å². The molecule has 1 saturated heterocycles. The van der Waals surface area contributed by atoms with E-state index in [0.717, 1.165) is 24.6 Å². The van der Waals surface area contributed by atoms with Crippen LogP contribution in [0.5, 0.6) is 0 Å². The Hall–Kier alpha value is -1.84. The maximum absolute atomic E-state index is 12.5. The second-order valence-corrected chi connectivity index (χ2v) is 6.74. The van der Waals surface area contributed by atoms with Gasteiger partial charge in [-0.05, 0) is 30.5 Å². The lowest BCUT2D eigenvalue weighted by Crippen LogP contribution is -2.49. The van der Waals surface area contributed by atoms with Crippen molar-refractivity contribution in [3.63, 3.8) is 0 Å². The van der Waals surface area contributed by atoms with E-state index < -0.39 is 0 Å². The predicted octanol–water partition coefficient (Wildman–Crippen LogP) is 1.59.